The van der Waals surface area contributed by atoms with Crippen molar-refractivity contribution in [2.45, 2.75) is 57.4 Å². The highest BCUT2D eigenvalue weighted by Gasteiger charge is 2.28. The van der Waals surface area contributed by atoms with Crippen molar-refractivity contribution in [2.75, 3.05) is 7.11 Å². The third-order valence-corrected chi connectivity index (χ3v) is 6.03. The lowest BCUT2D eigenvalue weighted by Gasteiger charge is -2.29. The molecule has 0 heterocycles. The first-order valence-electron chi connectivity index (χ1n) is 7.52. The van der Waals surface area contributed by atoms with Crippen LogP contribution in [0.15, 0.2) is 17.0 Å². The molecule has 0 radical (unpaired) electrons. The van der Waals surface area contributed by atoms with Gasteiger partial charge in [0.1, 0.15) is 5.75 Å². The lowest BCUT2D eigenvalue weighted by molar-refractivity contribution is 0.310. The molecule has 0 saturated heterocycles. The molecule has 0 unspecified atom stereocenters. The van der Waals surface area contributed by atoms with Crippen LogP contribution in [-0.2, 0) is 10.0 Å². The van der Waals surface area contributed by atoms with Crippen molar-refractivity contribution in [3.63, 3.8) is 0 Å². The van der Waals surface area contributed by atoms with Gasteiger partial charge in [-0.3, -0.25) is 0 Å². The van der Waals surface area contributed by atoms with Gasteiger partial charge < -0.3 is 4.74 Å². The third kappa shape index (κ3) is 3.58. The van der Waals surface area contributed by atoms with E-state index in [1.165, 1.54) is 6.42 Å². The molecule has 1 N–H and O–H groups in total. The predicted molar refractivity (Wildman–Crippen MR) is 84.2 cm³/mol. The molecular formula is C16H25NO3S. The zero-order chi connectivity index (χ0) is 15.6. The predicted octanol–water partition coefficient (Wildman–Crippen LogP) is 3.17. The summed E-state index contributed by atoms with van der Waals surface area (Å²) in [6, 6.07) is 3.52. The SMILES string of the molecule is COc1cc(S(=O)(=O)N[C@@H]2CCCC[C@H]2C)c(C)cc1C. The summed E-state index contributed by atoms with van der Waals surface area (Å²) in [4.78, 5) is 0.322. The molecule has 0 spiro atoms. The number of ether oxygens (including phenoxy) is 1. The van der Waals surface area contributed by atoms with Gasteiger partial charge in [-0.2, -0.15) is 0 Å². The molecule has 1 aliphatic carbocycles. The molecule has 0 bridgehead atoms. The van der Waals surface area contributed by atoms with Crippen LogP contribution in [0.5, 0.6) is 5.75 Å². The average molecular weight is 311 g/mol. The summed E-state index contributed by atoms with van der Waals surface area (Å²) in [5, 5.41) is 0. The van der Waals surface area contributed by atoms with Crippen LogP contribution >= 0.6 is 0 Å². The summed E-state index contributed by atoms with van der Waals surface area (Å²) in [6.45, 7) is 5.86. The van der Waals surface area contributed by atoms with Gasteiger partial charge in [-0.25, -0.2) is 13.1 Å². The van der Waals surface area contributed by atoms with Crippen LogP contribution in [0.2, 0.25) is 0 Å². The van der Waals surface area contributed by atoms with Gasteiger partial charge in [0.2, 0.25) is 10.0 Å². The average Bonchev–Trinajstić information content (AvgIpc) is 2.41. The quantitative estimate of drug-likeness (QED) is 0.929. The standard InChI is InChI=1S/C16H25NO3S/c1-11-7-5-6-8-14(11)17-21(18,19)16-10-15(20-4)12(2)9-13(16)3/h9-11,14,17H,5-8H2,1-4H3/t11-,14-/m1/s1. The summed E-state index contributed by atoms with van der Waals surface area (Å²) in [5.74, 6) is 0.999. The molecule has 0 aromatic heterocycles. The number of benzene rings is 1. The Kier molecular flexibility index (Phi) is 4.94. The summed E-state index contributed by atoms with van der Waals surface area (Å²) >= 11 is 0. The highest BCUT2D eigenvalue weighted by atomic mass is 32.2. The molecule has 5 heteroatoms. The molecule has 1 fully saturated rings. The molecule has 1 aliphatic rings. The van der Waals surface area contributed by atoms with E-state index in [0.29, 0.717) is 16.6 Å². The van der Waals surface area contributed by atoms with E-state index < -0.39 is 10.0 Å². The number of nitrogens with one attached hydrogen (secondary N) is 1. The second-order valence-corrected chi connectivity index (χ2v) is 7.76. The van der Waals surface area contributed by atoms with Gasteiger partial charge in [0.05, 0.1) is 12.0 Å². The molecule has 4 nitrogen and oxygen atoms in total. The monoisotopic (exact) mass is 311 g/mol. The number of methoxy groups -OCH3 is 1. The van der Waals surface area contributed by atoms with E-state index in [9.17, 15) is 8.42 Å². The van der Waals surface area contributed by atoms with Crippen molar-refractivity contribution in [1.82, 2.24) is 4.72 Å². The molecule has 1 aromatic rings. The van der Waals surface area contributed by atoms with Crippen LogP contribution in [-0.4, -0.2) is 21.6 Å². The van der Waals surface area contributed by atoms with E-state index in [2.05, 4.69) is 11.6 Å². The van der Waals surface area contributed by atoms with Gasteiger partial charge in [0, 0.05) is 12.1 Å². The van der Waals surface area contributed by atoms with Gasteiger partial charge in [-0.1, -0.05) is 25.8 Å². The Morgan fingerprint density at radius 2 is 1.81 bits per heavy atom. The minimum absolute atomic E-state index is 0.0375. The fourth-order valence-corrected chi connectivity index (χ4v) is 4.70. The van der Waals surface area contributed by atoms with Gasteiger partial charge in [0.15, 0.2) is 0 Å². The van der Waals surface area contributed by atoms with Crippen LogP contribution < -0.4 is 9.46 Å². The lowest BCUT2D eigenvalue weighted by atomic mass is 9.87. The molecular weight excluding hydrogens is 286 g/mol. The maximum atomic E-state index is 12.7. The first-order valence-corrected chi connectivity index (χ1v) is 9.01. The Morgan fingerprint density at radius 3 is 2.43 bits per heavy atom. The summed E-state index contributed by atoms with van der Waals surface area (Å²) in [7, 11) is -1.94. The van der Waals surface area contributed by atoms with Gasteiger partial charge in [-0.15, -0.1) is 0 Å². The van der Waals surface area contributed by atoms with E-state index in [1.807, 2.05) is 19.9 Å². The van der Waals surface area contributed by atoms with Crippen LogP contribution in [0.3, 0.4) is 0 Å². The summed E-state index contributed by atoms with van der Waals surface area (Å²) < 4.78 is 33.5. The lowest BCUT2D eigenvalue weighted by Crippen LogP contribution is -2.41. The number of aryl methyl sites for hydroxylation is 2. The highest BCUT2D eigenvalue weighted by Crippen LogP contribution is 2.28. The Hall–Kier alpha value is -1.07. The molecule has 2 atom stereocenters. The van der Waals surface area contributed by atoms with Crippen molar-refractivity contribution in [1.29, 1.82) is 0 Å². The normalized spacial score (nSPS) is 23.0. The molecule has 2 rings (SSSR count). The largest absolute Gasteiger partial charge is 0.496 e. The van der Waals surface area contributed by atoms with Gasteiger partial charge in [-0.05, 0) is 43.7 Å². The van der Waals surface area contributed by atoms with Crippen molar-refractivity contribution < 1.29 is 13.2 Å². The Bertz CT molecular complexity index is 610. The smallest absolute Gasteiger partial charge is 0.241 e. The molecule has 21 heavy (non-hydrogen) atoms. The first-order chi connectivity index (χ1) is 9.85. The van der Waals surface area contributed by atoms with Crippen LogP contribution in [0, 0.1) is 19.8 Å². The summed E-state index contributed by atoms with van der Waals surface area (Å²) in [5.41, 5.74) is 1.70. The second kappa shape index (κ2) is 6.36. The molecule has 0 amide bonds. The summed E-state index contributed by atoms with van der Waals surface area (Å²) in [6.07, 6.45) is 4.29. The Balaban J connectivity index is 2.31. The van der Waals surface area contributed by atoms with E-state index in [-0.39, 0.29) is 6.04 Å². The number of rotatable bonds is 4. The first kappa shape index (κ1) is 16.3. The van der Waals surface area contributed by atoms with Crippen molar-refractivity contribution in [2.24, 2.45) is 5.92 Å². The van der Waals surface area contributed by atoms with Crippen molar-refractivity contribution >= 4 is 10.0 Å². The highest BCUT2D eigenvalue weighted by molar-refractivity contribution is 7.89. The third-order valence-electron chi connectivity index (χ3n) is 4.40. The van der Waals surface area contributed by atoms with E-state index >= 15 is 0 Å². The minimum Gasteiger partial charge on any atom is -0.496 e. The fourth-order valence-electron chi connectivity index (χ4n) is 3.08. The topological polar surface area (TPSA) is 55.4 Å². The van der Waals surface area contributed by atoms with Crippen LogP contribution in [0.1, 0.15) is 43.7 Å². The molecule has 118 valence electrons. The molecule has 0 aliphatic heterocycles. The maximum absolute atomic E-state index is 12.7. The van der Waals surface area contributed by atoms with Crippen molar-refractivity contribution in [3.05, 3.63) is 23.3 Å². The number of hydrogen-bond acceptors (Lipinski definition) is 3. The minimum atomic E-state index is -3.50. The second-order valence-electron chi connectivity index (χ2n) is 6.08. The zero-order valence-corrected chi connectivity index (χ0v) is 14.1. The number of sulfonamides is 1. The Morgan fingerprint density at radius 1 is 1.14 bits per heavy atom. The molecule has 1 aromatic carbocycles. The number of hydrogen-bond donors (Lipinski definition) is 1. The van der Waals surface area contributed by atoms with Crippen LogP contribution in [0.25, 0.3) is 0 Å². The maximum Gasteiger partial charge on any atom is 0.241 e. The zero-order valence-electron chi connectivity index (χ0n) is 13.3. The van der Waals surface area contributed by atoms with E-state index in [4.69, 9.17) is 4.74 Å². The molecule has 1 saturated carbocycles. The van der Waals surface area contributed by atoms with Gasteiger partial charge in [0.25, 0.3) is 0 Å². The van der Waals surface area contributed by atoms with Crippen molar-refractivity contribution in [3.8, 4) is 5.75 Å². The van der Waals surface area contributed by atoms with E-state index in [1.54, 1.807) is 13.2 Å². The Labute approximate surface area is 127 Å². The fraction of sp³-hybridized carbons (Fsp3) is 0.625. The van der Waals surface area contributed by atoms with E-state index in [0.717, 1.165) is 30.4 Å². The van der Waals surface area contributed by atoms with Gasteiger partial charge >= 0.3 is 0 Å². The van der Waals surface area contributed by atoms with Crippen LogP contribution in [0.4, 0.5) is 0 Å².